The van der Waals surface area contributed by atoms with Crippen LogP contribution in [0, 0.1) is 0 Å². The zero-order valence-corrected chi connectivity index (χ0v) is 16.7. The van der Waals surface area contributed by atoms with E-state index in [1.807, 2.05) is 71.6 Å². The van der Waals surface area contributed by atoms with E-state index in [0.29, 0.717) is 18.5 Å². The number of benzene rings is 3. The summed E-state index contributed by atoms with van der Waals surface area (Å²) in [4.78, 5) is 26.3. The van der Waals surface area contributed by atoms with Crippen LogP contribution in [0.25, 0.3) is 11.1 Å². The monoisotopic (exact) mass is 386 g/mol. The molecule has 0 unspecified atom stereocenters. The van der Waals surface area contributed by atoms with E-state index in [9.17, 15) is 9.59 Å². The largest absolute Gasteiger partial charge is 0.366 e. The van der Waals surface area contributed by atoms with Crippen molar-refractivity contribution in [1.29, 1.82) is 0 Å². The fraction of sp³-hybridized carbons (Fsp3) is 0.200. The van der Waals surface area contributed by atoms with Crippen LogP contribution in [0.1, 0.15) is 42.1 Å². The second-order valence-electron chi connectivity index (χ2n) is 7.03. The predicted octanol–water partition coefficient (Wildman–Crippen LogP) is 5.18. The smallest absolute Gasteiger partial charge is 0.249 e. The number of para-hydroxylation sites is 1. The van der Waals surface area contributed by atoms with Crippen LogP contribution in [0.15, 0.2) is 78.9 Å². The van der Waals surface area contributed by atoms with E-state index >= 15 is 0 Å². The van der Waals surface area contributed by atoms with Crippen molar-refractivity contribution in [3.05, 3.63) is 90.0 Å². The van der Waals surface area contributed by atoms with Gasteiger partial charge in [-0.15, -0.1) is 0 Å². The summed E-state index contributed by atoms with van der Waals surface area (Å²) in [6.45, 7) is 2.59. The molecule has 4 nitrogen and oxygen atoms in total. The number of rotatable bonds is 8. The third-order valence-electron chi connectivity index (χ3n) is 4.91. The van der Waals surface area contributed by atoms with Crippen molar-refractivity contribution < 1.29 is 9.59 Å². The van der Waals surface area contributed by atoms with Gasteiger partial charge in [0.2, 0.25) is 11.8 Å². The van der Waals surface area contributed by atoms with Crippen molar-refractivity contribution in [2.75, 3.05) is 4.90 Å². The topological polar surface area (TPSA) is 63.4 Å². The minimum Gasteiger partial charge on any atom is -0.366 e. The zero-order valence-electron chi connectivity index (χ0n) is 16.7. The molecule has 29 heavy (non-hydrogen) atoms. The number of amides is 2. The van der Waals surface area contributed by atoms with Gasteiger partial charge in [-0.25, -0.2) is 0 Å². The van der Waals surface area contributed by atoms with Gasteiger partial charge in [-0.1, -0.05) is 74.0 Å². The van der Waals surface area contributed by atoms with Crippen molar-refractivity contribution in [3.8, 4) is 11.1 Å². The number of anilines is 1. The number of carbonyl (C=O) groups is 2. The molecule has 0 aliphatic heterocycles. The van der Waals surface area contributed by atoms with Crippen molar-refractivity contribution in [2.45, 2.75) is 32.7 Å². The third-order valence-corrected chi connectivity index (χ3v) is 4.91. The Balaban J connectivity index is 1.84. The van der Waals surface area contributed by atoms with E-state index < -0.39 is 5.91 Å². The first-order chi connectivity index (χ1) is 14.1. The van der Waals surface area contributed by atoms with Crippen molar-refractivity contribution in [3.63, 3.8) is 0 Å². The quantitative estimate of drug-likeness (QED) is 0.580. The number of primary amides is 1. The highest BCUT2D eigenvalue weighted by Gasteiger charge is 2.16. The highest BCUT2D eigenvalue weighted by atomic mass is 16.2. The first-order valence-electron chi connectivity index (χ1n) is 9.93. The molecule has 3 rings (SSSR count). The van der Waals surface area contributed by atoms with Gasteiger partial charge >= 0.3 is 0 Å². The van der Waals surface area contributed by atoms with E-state index in [2.05, 4.69) is 6.92 Å². The summed E-state index contributed by atoms with van der Waals surface area (Å²) in [6, 6.07) is 25.0. The first-order valence-corrected chi connectivity index (χ1v) is 9.93. The van der Waals surface area contributed by atoms with Crippen LogP contribution in [0.2, 0.25) is 0 Å². The average Bonchev–Trinajstić information content (AvgIpc) is 2.76. The first kappa shape index (κ1) is 20.3. The lowest BCUT2D eigenvalue weighted by atomic mass is 9.98. The van der Waals surface area contributed by atoms with Gasteiger partial charge in [0, 0.05) is 17.7 Å². The number of carbonyl (C=O) groups excluding carboxylic acids is 2. The van der Waals surface area contributed by atoms with E-state index in [1.165, 1.54) is 0 Å². The molecule has 0 aliphatic rings. The number of nitrogens with zero attached hydrogens (tertiary/aromatic N) is 1. The molecule has 0 bridgehead atoms. The molecule has 3 aromatic carbocycles. The zero-order chi connectivity index (χ0) is 20.6. The highest BCUT2D eigenvalue weighted by Crippen LogP contribution is 2.25. The van der Waals surface area contributed by atoms with E-state index in [0.717, 1.165) is 35.2 Å². The Morgan fingerprint density at radius 2 is 1.52 bits per heavy atom. The minimum absolute atomic E-state index is 0.126. The molecule has 0 spiro atoms. The lowest BCUT2D eigenvalue weighted by Gasteiger charge is -2.23. The minimum atomic E-state index is -0.443. The van der Waals surface area contributed by atoms with E-state index in [1.54, 1.807) is 12.1 Å². The maximum Gasteiger partial charge on any atom is 0.249 e. The van der Waals surface area contributed by atoms with Crippen LogP contribution >= 0.6 is 0 Å². The lowest BCUT2D eigenvalue weighted by Crippen LogP contribution is -2.30. The normalized spacial score (nSPS) is 10.5. The van der Waals surface area contributed by atoms with Gasteiger partial charge in [0.15, 0.2) is 0 Å². The van der Waals surface area contributed by atoms with E-state index in [4.69, 9.17) is 5.73 Å². The maximum absolute atomic E-state index is 12.8. The molecule has 2 N–H and O–H groups in total. The highest BCUT2D eigenvalue weighted by molar-refractivity contribution is 5.99. The third kappa shape index (κ3) is 5.11. The summed E-state index contributed by atoms with van der Waals surface area (Å²) >= 11 is 0. The van der Waals surface area contributed by atoms with Crippen molar-refractivity contribution in [2.24, 2.45) is 5.73 Å². The molecule has 0 atom stereocenters. The Morgan fingerprint density at radius 1 is 0.862 bits per heavy atom. The molecule has 0 fully saturated rings. The molecule has 0 aromatic heterocycles. The van der Waals surface area contributed by atoms with Gasteiger partial charge in [0.05, 0.1) is 6.54 Å². The van der Waals surface area contributed by atoms with Gasteiger partial charge in [-0.05, 0) is 41.3 Å². The molecular weight excluding hydrogens is 360 g/mol. The molecule has 0 heterocycles. The lowest BCUT2D eigenvalue weighted by molar-refractivity contribution is -0.118. The van der Waals surface area contributed by atoms with Gasteiger partial charge in [0.1, 0.15) is 0 Å². The van der Waals surface area contributed by atoms with Crippen LogP contribution in [-0.4, -0.2) is 11.8 Å². The summed E-state index contributed by atoms with van der Waals surface area (Å²) in [7, 11) is 0. The molecule has 2 amide bonds. The molecule has 4 heteroatoms. The Kier molecular flexibility index (Phi) is 6.80. The number of hydrogen-bond acceptors (Lipinski definition) is 2. The Hall–Kier alpha value is -3.40. The summed E-state index contributed by atoms with van der Waals surface area (Å²) < 4.78 is 0. The molecular formula is C25H26N2O2. The second-order valence-corrected chi connectivity index (χ2v) is 7.03. The van der Waals surface area contributed by atoms with Crippen LogP contribution in [0.3, 0.4) is 0 Å². The van der Waals surface area contributed by atoms with Gasteiger partial charge < -0.3 is 10.6 Å². The van der Waals surface area contributed by atoms with Crippen LogP contribution in [0.4, 0.5) is 5.69 Å². The van der Waals surface area contributed by atoms with Gasteiger partial charge in [-0.3, -0.25) is 9.59 Å². The van der Waals surface area contributed by atoms with Gasteiger partial charge in [0.25, 0.3) is 0 Å². The van der Waals surface area contributed by atoms with Crippen molar-refractivity contribution >= 4 is 17.5 Å². The molecule has 148 valence electrons. The average molecular weight is 386 g/mol. The summed E-state index contributed by atoms with van der Waals surface area (Å²) in [6.07, 6.45) is 2.41. The van der Waals surface area contributed by atoms with Crippen LogP contribution in [0.5, 0.6) is 0 Å². The number of hydrogen-bond donors (Lipinski definition) is 1. The fourth-order valence-corrected chi connectivity index (χ4v) is 3.32. The second kappa shape index (κ2) is 9.69. The summed E-state index contributed by atoms with van der Waals surface area (Å²) in [5, 5.41) is 0. The molecule has 0 saturated carbocycles. The summed E-state index contributed by atoms with van der Waals surface area (Å²) in [5.74, 6) is -0.317. The SMILES string of the molecule is CCCCC(=O)N(Cc1ccc(-c2ccccc2C(N)=O)cc1)c1ccccc1. The Labute approximate surface area is 172 Å². The predicted molar refractivity (Wildman–Crippen MR) is 118 cm³/mol. The van der Waals surface area contributed by atoms with Gasteiger partial charge in [-0.2, -0.15) is 0 Å². The number of unbranched alkanes of at least 4 members (excludes halogenated alkanes) is 1. The van der Waals surface area contributed by atoms with E-state index in [-0.39, 0.29) is 5.91 Å². The Morgan fingerprint density at radius 3 is 2.17 bits per heavy atom. The standard InChI is InChI=1S/C25H26N2O2/c1-2-3-13-24(28)27(21-9-5-4-6-10-21)18-19-14-16-20(17-15-19)22-11-7-8-12-23(22)25(26)29/h4-12,14-17H,2-3,13,18H2,1H3,(H2,26,29). The summed E-state index contributed by atoms with van der Waals surface area (Å²) in [5.41, 5.74) is 9.66. The fourth-order valence-electron chi connectivity index (χ4n) is 3.32. The maximum atomic E-state index is 12.8. The van der Waals surface area contributed by atoms with Crippen LogP contribution in [-0.2, 0) is 11.3 Å². The van der Waals surface area contributed by atoms with Crippen molar-refractivity contribution in [1.82, 2.24) is 0 Å². The molecule has 0 radical (unpaired) electrons. The van der Waals surface area contributed by atoms with Crippen LogP contribution < -0.4 is 10.6 Å². The molecule has 3 aromatic rings. The molecule has 0 aliphatic carbocycles. The molecule has 0 saturated heterocycles. The Bertz CT molecular complexity index is 966. The number of nitrogens with two attached hydrogens (primary N) is 1.